The molecule has 0 atom stereocenters. The highest BCUT2D eigenvalue weighted by Gasteiger charge is 2.14. The molecule has 0 fully saturated rings. The van der Waals surface area contributed by atoms with E-state index >= 15 is 0 Å². The zero-order valence-electron chi connectivity index (χ0n) is 19.2. The highest BCUT2D eigenvalue weighted by atomic mass is 16.5. The van der Waals surface area contributed by atoms with Gasteiger partial charge in [-0.15, -0.1) is 0 Å². The maximum absolute atomic E-state index is 13.4. The molecule has 174 valence electrons. The summed E-state index contributed by atoms with van der Waals surface area (Å²) in [5.74, 6) is 1.04. The fraction of sp³-hybridized carbons (Fsp3) is 0.185. The number of carbonyl (C=O) groups excluding carboxylic acids is 1. The molecule has 1 amide bonds. The van der Waals surface area contributed by atoms with Gasteiger partial charge < -0.3 is 20.1 Å². The standard InChI is InChI=1S/C27H27N3O4/c1-3-34-23-13-10-22(11-14-23)29-26(31)18-30-25-16-24(33-2)12-9-19(25)15-20(27(30)32)17-28-21-7-5-4-6-8-21/h4-16,28H,3,17-18H2,1-2H3,(H,29,31). The van der Waals surface area contributed by atoms with Crippen LogP contribution in [0.25, 0.3) is 10.9 Å². The van der Waals surface area contributed by atoms with E-state index < -0.39 is 0 Å². The Balaban J connectivity index is 1.62. The number of rotatable bonds is 9. The summed E-state index contributed by atoms with van der Waals surface area (Å²) in [5.41, 5.74) is 2.51. The highest BCUT2D eigenvalue weighted by molar-refractivity contribution is 5.92. The first-order valence-electron chi connectivity index (χ1n) is 11.1. The van der Waals surface area contributed by atoms with Crippen molar-refractivity contribution in [3.8, 4) is 11.5 Å². The second kappa shape index (κ2) is 10.6. The first-order chi connectivity index (χ1) is 16.6. The summed E-state index contributed by atoms with van der Waals surface area (Å²) in [5, 5.41) is 6.98. The topological polar surface area (TPSA) is 81.6 Å². The molecule has 0 radical (unpaired) electrons. The van der Waals surface area contributed by atoms with Crippen molar-refractivity contribution in [2.45, 2.75) is 20.0 Å². The molecule has 0 saturated carbocycles. The number of nitrogens with one attached hydrogen (secondary N) is 2. The Morgan fingerprint density at radius 1 is 0.912 bits per heavy atom. The van der Waals surface area contributed by atoms with Gasteiger partial charge in [-0.1, -0.05) is 18.2 Å². The summed E-state index contributed by atoms with van der Waals surface area (Å²) >= 11 is 0. The lowest BCUT2D eigenvalue weighted by Gasteiger charge is -2.15. The zero-order chi connectivity index (χ0) is 23.9. The number of hydrogen-bond acceptors (Lipinski definition) is 5. The van der Waals surface area contributed by atoms with Crippen molar-refractivity contribution >= 4 is 28.2 Å². The van der Waals surface area contributed by atoms with E-state index in [0.717, 1.165) is 16.8 Å². The molecular weight excluding hydrogens is 430 g/mol. The molecule has 7 nitrogen and oxygen atoms in total. The molecule has 4 aromatic rings. The average Bonchev–Trinajstić information content (AvgIpc) is 2.86. The van der Waals surface area contributed by atoms with E-state index in [4.69, 9.17) is 9.47 Å². The lowest BCUT2D eigenvalue weighted by Crippen LogP contribution is -2.30. The number of pyridine rings is 1. The smallest absolute Gasteiger partial charge is 0.256 e. The van der Waals surface area contributed by atoms with Gasteiger partial charge in [-0.05, 0) is 66.9 Å². The molecule has 0 aliphatic heterocycles. The van der Waals surface area contributed by atoms with Crippen molar-refractivity contribution < 1.29 is 14.3 Å². The van der Waals surface area contributed by atoms with Gasteiger partial charge in [0.15, 0.2) is 0 Å². The molecule has 0 aliphatic carbocycles. The summed E-state index contributed by atoms with van der Waals surface area (Å²) < 4.78 is 12.3. The minimum Gasteiger partial charge on any atom is -0.497 e. The Kier molecular flexibility index (Phi) is 7.13. The predicted molar refractivity (Wildman–Crippen MR) is 135 cm³/mol. The van der Waals surface area contributed by atoms with Crippen LogP contribution >= 0.6 is 0 Å². The van der Waals surface area contributed by atoms with Crippen molar-refractivity contribution in [2.24, 2.45) is 0 Å². The molecule has 0 saturated heterocycles. The van der Waals surface area contributed by atoms with E-state index in [2.05, 4.69) is 10.6 Å². The number of hydrogen-bond donors (Lipinski definition) is 2. The van der Waals surface area contributed by atoms with Gasteiger partial charge >= 0.3 is 0 Å². The maximum Gasteiger partial charge on any atom is 0.256 e. The molecule has 0 spiro atoms. The van der Waals surface area contributed by atoms with Gasteiger partial charge in [0.1, 0.15) is 18.0 Å². The Hall–Kier alpha value is -4.26. The number of methoxy groups -OCH3 is 1. The normalized spacial score (nSPS) is 10.6. The van der Waals surface area contributed by atoms with E-state index in [1.54, 1.807) is 37.4 Å². The Labute approximate surface area is 197 Å². The fourth-order valence-corrected chi connectivity index (χ4v) is 3.72. The molecular formula is C27H27N3O4. The Bertz CT molecular complexity index is 1330. The highest BCUT2D eigenvalue weighted by Crippen LogP contribution is 2.21. The maximum atomic E-state index is 13.4. The Morgan fingerprint density at radius 2 is 1.65 bits per heavy atom. The van der Waals surface area contributed by atoms with E-state index in [-0.39, 0.29) is 18.0 Å². The zero-order valence-corrected chi connectivity index (χ0v) is 19.2. The summed E-state index contributed by atoms with van der Waals surface area (Å²) in [7, 11) is 1.57. The summed E-state index contributed by atoms with van der Waals surface area (Å²) in [6, 6.07) is 24.2. The molecule has 1 heterocycles. The molecule has 34 heavy (non-hydrogen) atoms. The van der Waals surface area contributed by atoms with Crippen molar-refractivity contribution in [2.75, 3.05) is 24.4 Å². The SMILES string of the molecule is CCOc1ccc(NC(=O)Cn2c(=O)c(CNc3ccccc3)cc3ccc(OC)cc32)cc1. The summed E-state index contributed by atoms with van der Waals surface area (Å²) in [4.78, 5) is 26.3. The van der Waals surface area contributed by atoms with Gasteiger partial charge in [-0.3, -0.25) is 14.2 Å². The molecule has 0 unspecified atom stereocenters. The number of aromatic nitrogens is 1. The van der Waals surface area contributed by atoms with E-state index in [9.17, 15) is 9.59 Å². The molecule has 4 rings (SSSR count). The second-order valence-electron chi connectivity index (χ2n) is 7.71. The van der Waals surface area contributed by atoms with Crippen LogP contribution < -0.4 is 25.7 Å². The van der Waals surface area contributed by atoms with Crippen LogP contribution in [-0.4, -0.2) is 24.2 Å². The van der Waals surface area contributed by atoms with E-state index in [1.807, 2.05) is 55.5 Å². The molecule has 2 N–H and O–H groups in total. The van der Waals surface area contributed by atoms with Gasteiger partial charge in [0, 0.05) is 29.5 Å². The summed E-state index contributed by atoms with van der Waals surface area (Å²) in [6.45, 7) is 2.69. The number of carbonyl (C=O) groups is 1. The van der Waals surface area contributed by atoms with Crippen LogP contribution in [0.4, 0.5) is 11.4 Å². The van der Waals surface area contributed by atoms with Crippen LogP contribution in [-0.2, 0) is 17.9 Å². The monoisotopic (exact) mass is 457 g/mol. The third kappa shape index (κ3) is 5.38. The predicted octanol–water partition coefficient (Wildman–Crippen LogP) is 4.66. The average molecular weight is 458 g/mol. The van der Waals surface area contributed by atoms with Gasteiger partial charge in [0.25, 0.3) is 5.56 Å². The second-order valence-corrected chi connectivity index (χ2v) is 7.71. The van der Waals surface area contributed by atoms with Crippen LogP contribution in [0.1, 0.15) is 12.5 Å². The van der Waals surface area contributed by atoms with Gasteiger partial charge in [0.05, 0.1) is 19.2 Å². The van der Waals surface area contributed by atoms with E-state index in [0.29, 0.717) is 35.7 Å². The molecule has 3 aromatic carbocycles. The third-order valence-corrected chi connectivity index (χ3v) is 5.39. The summed E-state index contributed by atoms with van der Waals surface area (Å²) in [6.07, 6.45) is 0. The quantitative estimate of drug-likeness (QED) is 0.382. The van der Waals surface area contributed by atoms with Crippen LogP contribution in [0.5, 0.6) is 11.5 Å². The number of ether oxygens (including phenoxy) is 2. The van der Waals surface area contributed by atoms with Gasteiger partial charge in [-0.25, -0.2) is 0 Å². The molecule has 1 aromatic heterocycles. The Morgan fingerprint density at radius 3 is 2.35 bits per heavy atom. The number of anilines is 2. The number of amides is 1. The van der Waals surface area contributed by atoms with Crippen LogP contribution in [0.2, 0.25) is 0 Å². The number of para-hydroxylation sites is 1. The van der Waals surface area contributed by atoms with Crippen molar-refractivity contribution in [1.82, 2.24) is 4.57 Å². The van der Waals surface area contributed by atoms with E-state index in [1.165, 1.54) is 4.57 Å². The van der Waals surface area contributed by atoms with Crippen LogP contribution in [0.3, 0.4) is 0 Å². The molecule has 0 bridgehead atoms. The van der Waals surface area contributed by atoms with Crippen molar-refractivity contribution in [3.63, 3.8) is 0 Å². The lowest BCUT2D eigenvalue weighted by molar-refractivity contribution is -0.116. The first kappa shape index (κ1) is 22.9. The molecule has 0 aliphatic rings. The first-order valence-corrected chi connectivity index (χ1v) is 11.1. The number of fused-ring (bicyclic) bond motifs is 1. The molecule has 7 heteroatoms. The van der Waals surface area contributed by atoms with Crippen molar-refractivity contribution in [3.05, 3.63) is 94.8 Å². The third-order valence-electron chi connectivity index (χ3n) is 5.39. The lowest BCUT2D eigenvalue weighted by atomic mass is 10.1. The van der Waals surface area contributed by atoms with Crippen LogP contribution in [0, 0.1) is 0 Å². The fourth-order valence-electron chi connectivity index (χ4n) is 3.72. The van der Waals surface area contributed by atoms with Gasteiger partial charge in [0.2, 0.25) is 5.91 Å². The minimum absolute atomic E-state index is 0.130. The number of nitrogens with zero attached hydrogens (tertiary/aromatic N) is 1. The van der Waals surface area contributed by atoms with Gasteiger partial charge in [-0.2, -0.15) is 0 Å². The van der Waals surface area contributed by atoms with Crippen LogP contribution in [0.15, 0.2) is 83.7 Å². The largest absolute Gasteiger partial charge is 0.497 e. The minimum atomic E-state index is -0.302. The van der Waals surface area contributed by atoms with Crippen molar-refractivity contribution in [1.29, 1.82) is 0 Å². The number of benzene rings is 3.